The molecule has 0 unspecified atom stereocenters. The Hall–Kier alpha value is -2.66. The van der Waals surface area contributed by atoms with E-state index < -0.39 is 0 Å². The molecule has 6 rings (SSSR count). The monoisotopic (exact) mass is 443 g/mol. The molecule has 3 heterocycles. The van der Waals surface area contributed by atoms with Crippen molar-refractivity contribution in [2.75, 3.05) is 32.7 Å². The van der Waals surface area contributed by atoms with Crippen LogP contribution in [0.4, 0.5) is 0 Å². The first-order chi connectivity index (χ1) is 16.2. The van der Waals surface area contributed by atoms with Crippen LogP contribution in [-0.2, 0) is 11.2 Å². The van der Waals surface area contributed by atoms with Crippen molar-refractivity contribution in [2.45, 2.75) is 56.5 Å². The van der Waals surface area contributed by atoms with Gasteiger partial charge in [-0.05, 0) is 42.0 Å². The molecule has 5 nitrogen and oxygen atoms in total. The number of carbonyl (C=O) groups is 2. The minimum absolute atomic E-state index is 0.0660. The quantitative estimate of drug-likeness (QED) is 0.705. The number of benzene rings is 2. The van der Waals surface area contributed by atoms with Gasteiger partial charge < -0.3 is 9.80 Å². The molecule has 33 heavy (non-hydrogen) atoms. The zero-order valence-corrected chi connectivity index (χ0v) is 19.3. The Kier molecular flexibility index (Phi) is 5.45. The predicted octanol–water partition coefficient (Wildman–Crippen LogP) is 4.00. The Labute approximate surface area is 196 Å². The predicted molar refractivity (Wildman–Crippen MR) is 128 cm³/mol. The average molecular weight is 444 g/mol. The largest absolute Gasteiger partial charge is 0.340 e. The number of fused-ring (bicyclic) bond motifs is 4. The maximum absolute atomic E-state index is 14.1. The van der Waals surface area contributed by atoms with Crippen molar-refractivity contribution < 1.29 is 9.59 Å². The summed E-state index contributed by atoms with van der Waals surface area (Å²) in [6.07, 6.45) is 7.51. The highest BCUT2D eigenvalue weighted by Crippen LogP contribution is 2.46. The fourth-order valence-electron chi connectivity index (χ4n) is 6.69. The summed E-state index contributed by atoms with van der Waals surface area (Å²) in [7, 11) is 0. The van der Waals surface area contributed by atoms with Gasteiger partial charge in [-0.1, -0.05) is 61.7 Å². The number of rotatable bonds is 2. The van der Waals surface area contributed by atoms with Crippen LogP contribution < -0.4 is 0 Å². The fourth-order valence-corrected chi connectivity index (χ4v) is 6.69. The lowest BCUT2D eigenvalue weighted by Crippen LogP contribution is -2.56. The molecule has 2 aromatic carbocycles. The van der Waals surface area contributed by atoms with Crippen molar-refractivity contribution in [3.8, 4) is 0 Å². The summed E-state index contributed by atoms with van der Waals surface area (Å²) < 4.78 is 0. The van der Waals surface area contributed by atoms with E-state index in [9.17, 15) is 9.59 Å². The average Bonchev–Trinajstić information content (AvgIpc) is 2.89. The van der Waals surface area contributed by atoms with Gasteiger partial charge in [-0.15, -0.1) is 0 Å². The van der Waals surface area contributed by atoms with Crippen molar-refractivity contribution in [2.24, 2.45) is 0 Å². The van der Waals surface area contributed by atoms with Crippen LogP contribution in [0, 0.1) is 0 Å². The SMILES string of the molecule is O=C([C@@H]1c2ccccc2C(=O)N2CCc3ccccc3[C@H]12)N1CCN(C2CCCCC2)CC1. The van der Waals surface area contributed by atoms with Crippen LogP contribution in [0.2, 0.25) is 0 Å². The van der Waals surface area contributed by atoms with E-state index in [1.54, 1.807) is 0 Å². The lowest BCUT2D eigenvalue weighted by Gasteiger charge is -2.47. The summed E-state index contributed by atoms with van der Waals surface area (Å²) in [5.74, 6) is -0.0807. The van der Waals surface area contributed by atoms with Gasteiger partial charge in [0.05, 0.1) is 12.0 Å². The van der Waals surface area contributed by atoms with Crippen molar-refractivity contribution in [3.63, 3.8) is 0 Å². The smallest absolute Gasteiger partial charge is 0.254 e. The highest BCUT2D eigenvalue weighted by Gasteiger charge is 2.47. The third-order valence-electron chi connectivity index (χ3n) is 8.42. The van der Waals surface area contributed by atoms with Gasteiger partial charge in [-0.25, -0.2) is 0 Å². The number of amides is 2. The van der Waals surface area contributed by atoms with Crippen LogP contribution in [0.3, 0.4) is 0 Å². The molecule has 3 aliphatic heterocycles. The molecule has 172 valence electrons. The normalized spacial score (nSPS) is 25.9. The minimum Gasteiger partial charge on any atom is -0.340 e. The Morgan fingerprint density at radius 1 is 0.788 bits per heavy atom. The molecule has 1 saturated heterocycles. The maximum atomic E-state index is 14.1. The number of hydrogen-bond donors (Lipinski definition) is 0. The highest BCUT2D eigenvalue weighted by atomic mass is 16.2. The van der Waals surface area contributed by atoms with Crippen molar-refractivity contribution in [1.82, 2.24) is 14.7 Å². The Morgan fingerprint density at radius 2 is 1.48 bits per heavy atom. The van der Waals surface area contributed by atoms with Crippen LogP contribution in [0.5, 0.6) is 0 Å². The first kappa shape index (κ1) is 20.9. The lowest BCUT2D eigenvalue weighted by atomic mass is 9.75. The van der Waals surface area contributed by atoms with E-state index in [0.717, 1.165) is 43.7 Å². The molecule has 1 aliphatic carbocycles. The first-order valence-electron chi connectivity index (χ1n) is 12.7. The maximum Gasteiger partial charge on any atom is 0.254 e. The van der Waals surface area contributed by atoms with Crippen molar-refractivity contribution in [1.29, 1.82) is 0 Å². The van der Waals surface area contributed by atoms with Gasteiger partial charge in [0.25, 0.3) is 5.91 Å². The summed E-state index contributed by atoms with van der Waals surface area (Å²) >= 11 is 0. The van der Waals surface area contributed by atoms with Gasteiger partial charge in [0.1, 0.15) is 0 Å². The number of hydrogen-bond acceptors (Lipinski definition) is 3. The van der Waals surface area contributed by atoms with Crippen LogP contribution in [0.15, 0.2) is 48.5 Å². The van der Waals surface area contributed by atoms with Crippen LogP contribution in [0.1, 0.15) is 71.1 Å². The lowest BCUT2D eigenvalue weighted by molar-refractivity contribution is -0.137. The second-order valence-electron chi connectivity index (χ2n) is 10.1. The third kappa shape index (κ3) is 3.57. The van der Waals surface area contributed by atoms with E-state index >= 15 is 0 Å². The van der Waals surface area contributed by atoms with Crippen LogP contribution in [0.25, 0.3) is 0 Å². The molecule has 2 atom stereocenters. The van der Waals surface area contributed by atoms with E-state index in [-0.39, 0.29) is 23.8 Å². The molecule has 2 aromatic rings. The molecule has 2 fully saturated rings. The molecule has 0 aromatic heterocycles. The molecule has 1 saturated carbocycles. The Morgan fingerprint density at radius 3 is 2.27 bits per heavy atom. The summed E-state index contributed by atoms with van der Waals surface area (Å²) in [4.78, 5) is 34.2. The molecule has 5 heteroatoms. The van der Waals surface area contributed by atoms with E-state index in [1.807, 2.05) is 35.2 Å². The van der Waals surface area contributed by atoms with Crippen LogP contribution >= 0.6 is 0 Å². The number of piperazine rings is 1. The first-order valence-corrected chi connectivity index (χ1v) is 12.7. The third-order valence-corrected chi connectivity index (χ3v) is 8.42. The van der Waals surface area contributed by atoms with Gasteiger partial charge in [0, 0.05) is 44.3 Å². The zero-order chi connectivity index (χ0) is 22.4. The molecule has 2 amide bonds. The van der Waals surface area contributed by atoms with E-state index in [0.29, 0.717) is 18.2 Å². The van der Waals surface area contributed by atoms with Crippen molar-refractivity contribution in [3.05, 3.63) is 70.8 Å². The van der Waals surface area contributed by atoms with Gasteiger partial charge in [-0.3, -0.25) is 14.5 Å². The Bertz CT molecular complexity index is 1050. The molecule has 0 bridgehead atoms. The summed E-state index contributed by atoms with van der Waals surface area (Å²) in [6.45, 7) is 4.18. The molecule has 0 spiro atoms. The fraction of sp³-hybridized carbons (Fsp3) is 0.500. The number of nitrogens with zero attached hydrogens (tertiary/aromatic N) is 3. The minimum atomic E-state index is -0.332. The molecular weight excluding hydrogens is 410 g/mol. The van der Waals surface area contributed by atoms with E-state index in [1.165, 1.54) is 37.7 Å². The Balaban J connectivity index is 1.31. The van der Waals surface area contributed by atoms with Gasteiger partial charge >= 0.3 is 0 Å². The van der Waals surface area contributed by atoms with Crippen LogP contribution in [-0.4, -0.2) is 65.3 Å². The standard InChI is InChI=1S/C28H33N3O2/c32-27-24-13-7-6-12-23(24)25(26-22-11-5-4-8-20(22)14-15-31(26)27)28(33)30-18-16-29(17-19-30)21-9-2-1-3-10-21/h4-8,11-13,21,25-26H,1-3,9-10,14-19H2/t25-,26-/m1/s1. The molecule has 0 radical (unpaired) electrons. The topological polar surface area (TPSA) is 43.9 Å². The molecule has 0 N–H and O–H groups in total. The van der Waals surface area contributed by atoms with Gasteiger partial charge in [-0.2, -0.15) is 0 Å². The second kappa shape index (κ2) is 8.60. The molecule has 4 aliphatic rings. The summed E-state index contributed by atoms with van der Waals surface area (Å²) in [5, 5.41) is 0. The highest BCUT2D eigenvalue weighted by molar-refractivity contribution is 6.01. The van der Waals surface area contributed by atoms with E-state index in [4.69, 9.17) is 0 Å². The van der Waals surface area contributed by atoms with Gasteiger partial charge in [0.15, 0.2) is 0 Å². The summed E-state index contributed by atoms with van der Waals surface area (Å²) in [6, 6.07) is 16.7. The summed E-state index contributed by atoms with van der Waals surface area (Å²) in [5.41, 5.74) is 4.02. The number of carbonyl (C=O) groups excluding carboxylic acids is 2. The second-order valence-corrected chi connectivity index (χ2v) is 10.1. The molecular formula is C28H33N3O2. The van der Waals surface area contributed by atoms with Crippen molar-refractivity contribution >= 4 is 11.8 Å². The zero-order valence-electron chi connectivity index (χ0n) is 19.3. The van der Waals surface area contributed by atoms with Gasteiger partial charge in [0.2, 0.25) is 5.91 Å². The van der Waals surface area contributed by atoms with E-state index in [2.05, 4.69) is 28.0 Å².